The zero-order chi connectivity index (χ0) is 11.5. The second kappa shape index (κ2) is 4.66. The molecule has 1 aliphatic rings. The Hall–Kier alpha value is -1.35. The van der Waals surface area contributed by atoms with Crippen LogP contribution in [-0.4, -0.2) is 19.0 Å². The highest BCUT2D eigenvalue weighted by Crippen LogP contribution is 2.46. The van der Waals surface area contributed by atoms with Gasteiger partial charge in [-0.3, -0.25) is 4.79 Å². The minimum absolute atomic E-state index is 0.00861. The summed E-state index contributed by atoms with van der Waals surface area (Å²) < 4.78 is 0. The number of nitrogens with two attached hydrogens (primary N) is 1. The average molecular weight is 218 g/mol. The van der Waals surface area contributed by atoms with Gasteiger partial charge in [0.1, 0.15) is 0 Å². The Morgan fingerprint density at radius 2 is 2.38 bits per heavy atom. The summed E-state index contributed by atoms with van der Waals surface area (Å²) in [5.74, 6) is 1.19. The van der Waals surface area contributed by atoms with E-state index in [1.807, 2.05) is 25.1 Å². The Labute approximate surface area is 96.0 Å². The molecule has 0 unspecified atom stereocenters. The summed E-state index contributed by atoms with van der Waals surface area (Å²) in [6.07, 6.45) is 1.16. The van der Waals surface area contributed by atoms with E-state index in [9.17, 15) is 4.79 Å². The molecule has 3 nitrogen and oxygen atoms in total. The maximum Gasteiger partial charge on any atom is 0.251 e. The highest BCUT2D eigenvalue weighted by atomic mass is 16.1. The fraction of sp³-hybridized carbons (Fsp3) is 0.462. The SMILES string of the molecule is CCNC(=O)c1cccc([C@@H]2C[C@H]2CN)c1. The molecule has 16 heavy (non-hydrogen) atoms. The van der Waals surface area contributed by atoms with E-state index in [2.05, 4.69) is 11.4 Å². The summed E-state index contributed by atoms with van der Waals surface area (Å²) >= 11 is 0. The maximum absolute atomic E-state index is 11.7. The fourth-order valence-electron chi connectivity index (χ4n) is 2.09. The number of hydrogen-bond acceptors (Lipinski definition) is 2. The van der Waals surface area contributed by atoms with Crippen molar-refractivity contribution < 1.29 is 4.79 Å². The van der Waals surface area contributed by atoms with E-state index in [-0.39, 0.29) is 5.91 Å². The van der Waals surface area contributed by atoms with Gasteiger partial charge in [0, 0.05) is 12.1 Å². The summed E-state index contributed by atoms with van der Waals surface area (Å²) in [5.41, 5.74) is 7.63. The minimum Gasteiger partial charge on any atom is -0.352 e. The molecular formula is C13H18N2O. The number of benzene rings is 1. The lowest BCUT2D eigenvalue weighted by Gasteiger charge is -2.05. The first kappa shape index (κ1) is 11.1. The van der Waals surface area contributed by atoms with Gasteiger partial charge in [-0.25, -0.2) is 0 Å². The summed E-state index contributed by atoms with van der Waals surface area (Å²) in [6.45, 7) is 3.33. The van der Waals surface area contributed by atoms with Gasteiger partial charge >= 0.3 is 0 Å². The summed E-state index contributed by atoms with van der Waals surface area (Å²) in [4.78, 5) is 11.7. The first-order chi connectivity index (χ1) is 7.76. The third-order valence-corrected chi connectivity index (χ3v) is 3.14. The molecule has 2 atom stereocenters. The predicted molar refractivity (Wildman–Crippen MR) is 64.4 cm³/mol. The number of carbonyl (C=O) groups is 1. The molecule has 0 spiro atoms. The maximum atomic E-state index is 11.7. The number of carbonyl (C=O) groups excluding carboxylic acids is 1. The molecule has 86 valence electrons. The molecule has 0 bridgehead atoms. The van der Waals surface area contributed by atoms with E-state index < -0.39 is 0 Å². The van der Waals surface area contributed by atoms with Crippen LogP contribution in [0.3, 0.4) is 0 Å². The van der Waals surface area contributed by atoms with Crippen molar-refractivity contribution >= 4 is 5.91 Å². The van der Waals surface area contributed by atoms with Gasteiger partial charge in [0.15, 0.2) is 0 Å². The van der Waals surface area contributed by atoms with E-state index in [0.29, 0.717) is 18.4 Å². The van der Waals surface area contributed by atoms with Crippen LogP contribution in [-0.2, 0) is 0 Å². The largest absolute Gasteiger partial charge is 0.352 e. The molecule has 1 saturated carbocycles. The standard InChI is InChI=1S/C13H18N2O/c1-2-15-13(16)10-5-3-4-9(6-10)12-7-11(12)8-14/h3-6,11-12H,2,7-8,14H2,1H3,(H,15,16)/t11-,12-/m0/s1. The zero-order valence-electron chi connectivity index (χ0n) is 9.57. The minimum atomic E-state index is 0.00861. The third-order valence-electron chi connectivity index (χ3n) is 3.14. The van der Waals surface area contributed by atoms with Crippen LogP contribution in [0.2, 0.25) is 0 Å². The van der Waals surface area contributed by atoms with Crippen LogP contribution in [0.4, 0.5) is 0 Å². The van der Waals surface area contributed by atoms with Crippen molar-refractivity contribution in [3.8, 4) is 0 Å². The van der Waals surface area contributed by atoms with Crippen molar-refractivity contribution in [2.45, 2.75) is 19.3 Å². The Morgan fingerprint density at radius 3 is 3.00 bits per heavy atom. The van der Waals surface area contributed by atoms with Gasteiger partial charge in [-0.15, -0.1) is 0 Å². The van der Waals surface area contributed by atoms with Crippen molar-refractivity contribution in [3.63, 3.8) is 0 Å². The second-order valence-corrected chi connectivity index (χ2v) is 4.32. The lowest BCUT2D eigenvalue weighted by Crippen LogP contribution is -2.22. The highest BCUT2D eigenvalue weighted by molar-refractivity contribution is 5.94. The van der Waals surface area contributed by atoms with Crippen LogP contribution in [0.25, 0.3) is 0 Å². The van der Waals surface area contributed by atoms with Crippen molar-refractivity contribution in [3.05, 3.63) is 35.4 Å². The quantitative estimate of drug-likeness (QED) is 0.804. The van der Waals surface area contributed by atoms with Crippen molar-refractivity contribution in [1.29, 1.82) is 0 Å². The van der Waals surface area contributed by atoms with E-state index in [4.69, 9.17) is 5.73 Å². The summed E-state index contributed by atoms with van der Waals surface area (Å²) in [7, 11) is 0. The third kappa shape index (κ3) is 2.25. The van der Waals surface area contributed by atoms with Gasteiger partial charge in [-0.2, -0.15) is 0 Å². The molecule has 0 heterocycles. The lowest BCUT2D eigenvalue weighted by molar-refractivity contribution is 0.0955. The number of amides is 1. The monoisotopic (exact) mass is 218 g/mol. The first-order valence-electron chi connectivity index (χ1n) is 5.84. The van der Waals surface area contributed by atoms with Gasteiger partial charge in [0.2, 0.25) is 0 Å². The van der Waals surface area contributed by atoms with E-state index in [1.54, 1.807) is 0 Å². The van der Waals surface area contributed by atoms with Gasteiger partial charge in [-0.1, -0.05) is 12.1 Å². The number of hydrogen-bond donors (Lipinski definition) is 2. The van der Waals surface area contributed by atoms with Gasteiger partial charge in [0.05, 0.1) is 0 Å². The molecule has 1 fully saturated rings. The molecule has 1 aliphatic carbocycles. The molecule has 1 aromatic rings. The lowest BCUT2D eigenvalue weighted by atomic mass is 10.1. The van der Waals surface area contributed by atoms with Crippen molar-refractivity contribution in [2.75, 3.05) is 13.1 Å². The molecule has 0 aliphatic heterocycles. The van der Waals surface area contributed by atoms with Crippen LogP contribution in [0, 0.1) is 5.92 Å². The highest BCUT2D eigenvalue weighted by Gasteiger charge is 2.36. The zero-order valence-corrected chi connectivity index (χ0v) is 9.57. The van der Waals surface area contributed by atoms with E-state index in [1.165, 1.54) is 5.56 Å². The Morgan fingerprint density at radius 1 is 1.56 bits per heavy atom. The molecule has 0 saturated heterocycles. The fourth-order valence-corrected chi connectivity index (χ4v) is 2.09. The number of nitrogens with one attached hydrogen (secondary N) is 1. The smallest absolute Gasteiger partial charge is 0.251 e. The van der Waals surface area contributed by atoms with Crippen LogP contribution in [0.1, 0.15) is 35.2 Å². The topological polar surface area (TPSA) is 55.1 Å². The van der Waals surface area contributed by atoms with Crippen molar-refractivity contribution in [1.82, 2.24) is 5.32 Å². The van der Waals surface area contributed by atoms with E-state index >= 15 is 0 Å². The second-order valence-electron chi connectivity index (χ2n) is 4.32. The Balaban J connectivity index is 2.11. The first-order valence-corrected chi connectivity index (χ1v) is 5.84. The molecule has 3 heteroatoms. The summed E-state index contributed by atoms with van der Waals surface area (Å²) in [6, 6.07) is 7.88. The van der Waals surface area contributed by atoms with Crippen LogP contribution in [0.5, 0.6) is 0 Å². The van der Waals surface area contributed by atoms with Crippen LogP contribution in [0.15, 0.2) is 24.3 Å². The summed E-state index contributed by atoms with van der Waals surface area (Å²) in [5, 5.41) is 2.81. The Bertz CT molecular complexity index is 389. The normalized spacial score (nSPS) is 22.9. The molecule has 3 N–H and O–H groups in total. The van der Waals surface area contributed by atoms with Gasteiger partial charge in [0.25, 0.3) is 5.91 Å². The predicted octanol–water partition coefficient (Wildman–Crippen LogP) is 1.50. The molecule has 1 aromatic carbocycles. The van der Waals surface area contributed by atoms with E-state index in [0.717, 1.165) is 18.5 Å². The van der Waals surface area contributed by atoms with Gasteiger partial charge < -0.3 is 11.1 Å². The molecule has 0 radical (unpaired) electrons. The van der Waals surface area contributed by atoms with Gasteiger partial charge in [-0.05, 0) is 49.4 Å². The molecule has 1 amide bonds. The van der Waals surface area contributed by atoms with Crippen molar-refractivity contribution in [2.24, 2.45) is 11.7 Å². The molecule has 2 rings (SSSR count). The molecule has 0 aromatic heterocycles. The molecular weight excluding hydrogens is 200 g/mol. The average Bonchev–Trinajstić information content (AvgIpc) is 3.09. The Kier molecular flexibility index (Phi) is 3.25. The van der Waals surface area contributed by atoms with Crippen LogP contribution >= 0.6 is 0 Å². The van der Waals surface area contributed by atoms with Crippen LogP contribution < -0.4 is 11.1 Å². The number of rotatable bonds is 4.